The number of carbonyl (C=O) groups is 4. The van der Waals surface area contributed by atoms with E-state index in [2.05, 4.69) is 6.92 Å². The molecule has 0 spiro atoms. The molecule has 1 amide bonds. The van der Waals surface area contributed by atoms with E-state index >= 15 is 0 Å². The summed E-state index contributed by atoms with van der Waals surface area (Å²) < 4.78 is 29.7. The first-order valence-corrected chi connectivity index (χ1v) is 20.8. The molecule has 0 aromatic carbocycles. The lowest BCUT2D eigenvalue weighted by Crippen LogP contribution is -2.64. The second kappa shape index (κ2) is 20.4. The normalized spacial score (nSPS) is 41.6. The molecule has 13 nitrogen and oxygen atoms in total. The van der Waals surface area contributed by atoms with Crippen LogP contribution in [0.15, 0.2) is 23.3 Å². The Morgan fingerprint density at radius 2 is 1.57 bits per heavy atom. The van der Waals surface area contributed by atoms with E-state index < -0.39 is 83.9 Å². The van der Waals surface area contributed by atoms with Crippen molar-refractivity contribution in [3.63, 3.8) is 0 Å². The molecule has 1 aliphatic carbocycles. The highest BCUT2D eigenvalue weighted by atomic mass is 16.7. The topological polar surface area (TPSA) is 178 Å². The zero-order valence-corrected chi connectivity index (χ0v) is 35.1. The van der Waals surface area contributed by atoms with E-state index in [0.29, 0.717) is 56.9 Å². The summed E-state index contributed by atoms with van der Waals surface area (Å²) in [6, 6.07) is -1.13. The van der Waals surface area contributed by atoms with E-state index in [1.54, 1.807) is 21.0 Å². The maximum absolute atomic E-state index is 14.3. The van der Waals surface area contributed by atoms with Crippen molar-refractivity contribution in [3.8, 4) is 0 Å². The number of amides is 1. The summed E-state index contributed by atoms with van der Waals surface area (Å²) in [6.07, 6.45) is 3.72. The number of allylic oxidation sites excluding steroid dienone is 3. The SMILES string of the molecule is CC[C@@H]1/C=C(/C)C[C@H](C)CC(OC)[C@@H]2O[C@@](O)(C(=O)C(=O)N3CCCCC3C(=O)O[C@H](/C(C)=C/[C@@H]3CC[C@@H](O)[C@@H](OC)C3)[C@H](C)[C@@H](O)CC1=O)[C@H](C)C[C@@H]2OC. The predicted molar refractivity (Wildman–Crippen MR) is 208 cm³/mol. The maximum atomic E-state index is 14.3. The van der Waals surface area contributed by atoms with E-state index in [0.717, 1.165) is 5.57 Å². The van der Waals surface area contributed by atoms with Crippen LogP contribution in [0.2, 0.25) is 0 Å². The summed E-state index contributed by atoms with van der Waals surface area (Å²) in [5.41, 5.74) is 1.66. The third-order valence-electron chi connectivity index (χ3n) is 12.9. The van der Waals surface area contributed by atoms with Crippen molar-refractivity contribution in [1.29, 1.82) is 0 Å². The van der Waals surface area contributed by atoms with E-state index in [4.69, 9.17) is 23.7 Å². The van der Waals surface area contributed by atoms with Gasteiger partial charge in [-0.25, -0.2) is 4.79 Å². The Labute approximate surface area is 333 Å². The Bertz CT molecular complexity index is 1430. The number of hydrogen-bond donors (Lipinski definition) is 3. The number of ketones is 2. The molecule has 4 aliphatic rings. The molecule has 0 aromatic heterocycles. The molecular weight excluding hydrogens is 722 g/mol. The Balaban J connectivity index is 1.76. The third-order valence-corrected chi connectivity index (χ3v) is 12.9. The summed E-state index contributed by atoms with van der Waals surface area (Å²) in [5, 5.41) is 34.1. The fourth-order valence-corrected chi connectivity index (χ4v) is 9.39. The molecule has 56 heavy (non-hydrogen) atoms. The van der Waals surface area contributed by atoms with Gasteiger partial charge in [0.05, 0.1) is 30.5 Å². The third kappa shape index (κ3) is 10.7. The zero-order chi connectivity index (χ0) is 41.5. The molecule has 4 rings (SSSR count). The van der Waals surface area contributed by atoms with Crippen LogP contribution in [-0.2, 0) is 42.9 Å². The first-order valence-electron chi connectivity index (χ1n) is 20.8. The quantitative estimate of drug-likeness (QED) is 0.196. The summed E-state index contributed by atoms with van der Waals surface area (Å²) in [5.74, 6) is -7.50. The van der Waals surface area contributed by atoms with Gasteiger partial charge in [0, 0.05) is 52.0 Å². The van der Waals surface area contributed by atoms with E-state index in [-0.39, 0.29) is 49.5 Å². The first kappa shape index (κ1) is 46.2. The van der Waals surface area contributed by atoms with Crippen LogP contribution in [0.4, 0.5) is 0 Å². The van der Waals surface area contributed by atoms with Crippen LogP contribution in [0.1, 0.15) is 112 Å². The molecule has 3 heterocycles. The number of aliphatic hydroxyl groups excluding tert-OH is 2. The van der Waals surface area contributed by atoms with Gasteiger partial charge in [0.2, 0.25) is 5.79 Å². The van der Waals surface area contributed by atoms with E-state index in [1.807, 2.05) is 32.9 Å². The van der Waals surface area contributed by atoms with E-state index in [9.17, 15) is 34.5 Å². The summed E-state index contributed by atoms with van der Waals surface area (Å²) in [4.78, 5) is 57.6. The highest BCUT2D eigenvalue weighted by Crippen LogP contribution is 2.39. The van der Waals surface area contributed by atoms with Crippen LogP contribution < -0.4 is 0 Å². The van der Waals surface area contributed by atoms with Gasteiger partial charge in [0.25, 0.3) is 11.7 Å². The van der Waals surface area contributed by atoms with Crippen LogP contribution in [0.5, 0.6) is 0 Å². The summed E-state index contributed by atoms with van der Waals surface area (Å²) >= 11 is 0. The Morgan fingerprint density at radius 1 is 0.911 bits per heavy atom. The van der Waals surface area contributed by atoms with Crippen molar-refractivity contribution in [2.75, 3.05) is 27.9 Å². The van der Waals surface area contributed by atoms with Gasteiger partial charge in [0.15, 0.2) is 0 Å². The number of rotatable bonds is 6. The smallest absolute Gasteiger partial charge is 0.329 e. The minimum atomic E-state index is -2.50. The summed E-state index contributed by atoms with van der Waals surface area (Å²) in [6.45, 7) is 11.3. The number of cyclic esters (lactones) is 1. The highest BCUT2D eigenvalue weighted by Gasteiger charge is 2.56. The van der Waals surface area contributed by atoms with Crippen LogP contribution in [0.25, 0.3) is 0 Å². The van der Waals surface area contributed by atoms with Crippen molar-refractivity contribution in [2.24, 2.45) is 29.6 Å². The molecule has 318 valence electrons. The molecule has 14 atom stereocenters. The molecule has 2 unspecified atom stereocenters. The van der Waals surface area contributed by atoms with Crippen molar-refractivity contribution in [1.82, 2.24) is 4.90 Å². The van der Waals surface area contributed by atoms with Crippen molar-refractivity contribution < 1.29 is 58.2 Å². The van der Waals surface area contributed by atoms with Gasteiger partial charge < -0.3 is 43.9 Å². The molecule has 0 radical (unpaired) electrons. The minimum absolute atomic E-state index is 0.000914. The fourth-order valence-electron chi connectivity index (χ4n) is 9.39. The number of Topliss-reactive ketones (excluding diaryl/α,β-unsaturated/α-hetero) is 2. The van der Waals surface area contributed by atoms with Gasteiger partial charge in [-0.15, -0.1) is 0 Å². The average molecular weight is 792 g/mol. The number of hydrogen-bond acceptors (Lipinski definition) is 12. The molecule has 1 saturated carbocycles. The lowest BCUT2D eigenvalue weighted by atomic mass is 9.81. The Kier molecular flexibility index (Phi) is 16.9. The first-order chi connectivity index (χ1) is 26.5. The number of nitrogens with zero attached hydrogens (tertiary/aromatic N) is 1. The van der Waals surface area contributed by atoms with Gasteiger partial charge in [-0.05, 0) is 95.5 Å². The van der Waals surface area contributed by atoms with E-state index in [1.165, 1.54) is 19.1 Å². The van der Waals surface area contributed by atoms with Crippen LogP contribution >= 0.6 is 0 Å². The van der Waals surface area contributed by atoms with Crippen LogP contribution in [-0.4, -0.2) is 126 Å². The monoisotopic (exact) mass is 791 g/mol. The van der Waals surface area contributed by atoms with Gasteiger partial charge in [-0.3, -0.25) is 14.4 Å². The number of carbonyl (C=O) groups excluding carboxylic acids is 4. The van der Waals surface area contributed by atoms with Crippen molar-refractivity contribution in [3.05, 3.63) is 23.3 Å². The average Bonchev–Trinajstić information content (AvgIpc) is 3.18. The molecule has 2 saturated heterocycles. The number of fused-ring (bicyclic) bond motifs is 3. The Morgan fingerprint density at radius 3 is 2.21 bits per heavy atom. The Hall–Kier alpha value is -2.52. The van der Waals surface area contributed by atoms with Gasteiger partial charge >= 0.3 is 5.97 Å². The molecule has 3 aliphatic heterocycles. The lowest BCUT2D eigenvalue weighted by molar-refractivity contribution is -0.302. The molecule has 0 aromatic rings. The van der Waals surface area contributed by atoms with Crippen molar-refractivity contribution in [2.45, 2.75) is 167 Å². The zero-order valence-electron chi connectivity index (χ0n) is 35.1. The number of ether oxygens (including phenoxy) is 5. The number of piperidine rings is 1. The number of esters is 1. The van der Waals surface area contributed by atoms with Gasteiger partial charge in [-0.2, -0.15) is 0 Å². The van der Waals surface area contributed by atoms with Crippen molar-refractivity contribution >= 4 is 23.4 Å². The molecular formula is C43H69NO12. The minimum Gasteiger partial charge on any atom is -0.456 e. The largest absolute Gasteiger partial charge is 0.456 e. The maximum Gasteiger partial charge on any atom is 0.329 e. The second-order valence-corrected chi connectivity index (χ2v) is 17.2. The lowest BCUT2D eigenvalue weighted by Gasteiger charge is -2.47. The highest BCUT2D eigenvalue weighted by molar-refractivity contribution is 6.39. The van der Waals surface area contributed by atoms with Crippen LogP contribution in [0.3, 0.4) is 0 Å². The molecule has 2 bridgehead atoms. The number of methoxy groups -OCH3 is 3. The van der Waals surface area contributed by atoms with Gasteiger partial charge in [-0.1, -0.05) is 45.4 Å². The van der Waals surface area contributed by atoms with Gasteiger partial charge in [0.1, 0.15) is 24.0 Å². The number of aliphatic hydroxyl groups is 3. The molecule has 3 N–H and O–H groups in total. The van der Waals surface area contributed by atoms with Crippen LogP contribution in [0, 0.1) is 29.6 Å². The predicted octanol–water partition coefficient (Wildman–Crippen LogP) is 4.47. The molecule has 3 fully saturated rings. The summed E-state index contributed by atoms with van der Waals surface area (Å²) in [7, 11) is 4.63. The standard InChI is InChI=1S/C43H69NO12/c1-10-30-18-24(2)17-25(3)19-36(53-8)39-37(54-9)21-27(5)43(51,56-39)40(48)41(49)44-16-12-11-13-31(44)42(50)55-38(28(6)33(46)23-34(30)47)26(4)20-29-14-15-32(45)35(22-29)52-7/h18,20,25,27-33,35-39,45-46,51H,10-17,19,21-23H2,1-9H3/b24-18-,26-20+/t25-,27+,28+,29-,30+,31?,32+,33-,35-,36?,37-,38+,39-,43+/m0/s1. The second-order valence-electron chi connectivity index (χ2n) is 17.2. The fraction of sp³-hybridized carbons (Fsp3) is 0.814. The molecule has 13 heteroatoms.